The number of nitrogens with one attached hydrogen (secondary N) is 2. The predicted molar refractivity (Wildman–Crippen MR) is 97.9 cm³/mol. The number of rotatable bonds is 5. The fraction of sp³-hybridized carbons (Fsp3) is 0.400. The van der Waals surface area contributed by atoms with E-state index in [0.29, 0.717) is 6.54 Å². The van der Waals surface area contributed by atoms with Crippen LogP contribution in [0.2, 0.25) is 0 Å². The summed E-state index contributed by atoms with van der Waals surface area (Å²) in [4.78, 5) is 16.5. The number of benzene rings is 1. The third kappa shape index (κ3) is 4.79. The highest BCUT2D eigenvalue weighted by atomic mass is 16.3. The first-order chi connectivity index (χ1) is 12.3. The summed E-state index contributed by atoms with van der Waals surface area (Å²) < 4.78 is 0. The molecule has 1 aliphatic rings. The van der Waals surface area contributed by atoms with Gasteiger partial charge in [0.25, 0.3) is 0 Å². The molecule has 2 amide bonds. The van der Waals surface area contributed by atoms with E-state index < -0.39 is 0 Å². The zero-order valence-electron chi connectivity index (χ0n) is 14.3. The Morgan fingerprint density at radius 3 is 2.84 bits per heavy atom. The number of pyridine rings is 1. The summed E-state index contributed by atoms with van der Waals surface area (Å²) in [6, 6.07) is 13.7. The maximum absolute atomic E-state index is 12.2. The molecule has 1 aliphatic carbocycles. The third-order valence-electron chi connectivity index (χ3n) is 4.80. The highest BCUT2D eigenvalue weighted by Gasteiger charge is 2.25. The Labute approximate surface area is 148 Å². The number of amides is 2. The van der Waals surface area contributed by atoms with E-state index in [4.69, 9.17) is 0 Å². The molecule has 25 heavy (non-hydrogen) atoms. The van der Waals surface area contributed by atoms with Crippen molar-refractivity contribution in [2.24, 2.45) is 5.92 Å². The molecule has 1 saturated carbocycles. The van der Waals surface area contributed by atoms with Gasteiger partial charge in [-0.15, -0.1) is 0 Å². The molecule has 1 aromatic heterocycles. The smallest absolute Gasteiger partial charge is 0.315 e. The second-order valence-electron chi connectivity index (χ2n) is 6.58. The first kappa shape index (κ1) is 17.4. The minimum atomic E-state index is -0.173. The Hall–Kier alpha value is -2.40. The van der Waals surface area contributed by atoms with Gasteiger partial charge in [-0.2, -0.15) is 0 Å². The van der Waals surface area contributed by atoms with E-state index in [2.05, 4.69) is 15.6 Å². The maximum atomic E-state index is 12.2. The lowest BCUT2D eigenvalue weighted by atomic mass is 9.85. The summed E-state index contributed by atoms with van der Waals surface area (Å²) in [7, 11) is 0. The number of nitrogens with zero attached hydrogens (tertiary/aromatic N) is 1. The largest absolute Gasteiger partial charge is 0.396 e. The van der Waals surface area contributed by atoms with Crippen LogP contribution in [-0.2, 0) is 6.54 Å². The standard InChI is InChI=1S/C20H25N3O2/c24-14-17-7-1-2-10-19(17)23-20(25)22-13-15-6-5-8-16(12-15)18-9-3-4-11-21-18/h3-6,8-9,11-12,17,19,24H,1-2,7,10,13-14H2,(H2,22,23,25). The summed E-state index contributed by atoms with van der Waals surface area (Å²) >= 11 is 0. The number of urea groups is 1. The van der Waals surface area contributed by atoms with Crippen molar-refractivity contribution in [2.75, 3.05) is 6.61 Å². The molecule has 132 valence electrons. The summed E-state index contributed by atoms with van der Waals surface area (Å²) in [5.74, 6) is 0.173. The lowest BCUT2D eigenvalue weighted by molar-refractivity contribution is 0.153. The van der Waals surface area contributed by atoms with Crippen molar-refractivity contribution in [3.63, 3.8) is 0 Å². The van der Waals surface area contributed by atoms with Gasteiger partial charge in [-0.25, -0.2) is 4.79 Å². The molecule has 0 bridgehead atoms. The molecule has 2 aromatic rings. The molecule has 0 aliphatic heterocycles. The van der Waals surface area contributed by atoms with Gasteiger partial charge in [-0.3, -0.25) is 4.98 Å². The number of aliphatic hydroxyl groups is 1. The van der Waals surface area contributed by atoms with E-state index in [1.165, 1.54) is 0 Å². The summed E-state index contributed by atoms with van der Waals surface area (Å²) in [5.41, 5.74) is 2.98. The van der Waals surface area contributed by atoms with Crippen molar-refractivity contribution in [3.05, 3.63) is 54.2 Å². The first-order valence-corrected chi connectivity index (χ1v) is 8.92. The van der Waals surface area contributed by atoms with E-state index in [1.807, 2.05) is 42.5 Å². The predicted octanol–water partition coefficient (Wildman–Crippen LogP) is 3.10. The fourth-order valence-electron chi connectivity index (χ4n) is 3.39. The molecule has 3 N–H and O–H groups in total. The highest BCUT2D eigenvalue weighted by Crippen LogP contribution is 2.24. The van der Waals surface area contributed by atoms with Crippen LogP contribution in [0.1, 0.15) is 31.2 Å². The Kier molecular flexibility index (Phi) is 6.01. The number of aliphatic hydroxyl groups excluding tert-OH is 1. The van der Waals surface area contributed by atoms with Crippen LogP contribution in [0.5, 0.6) is 0 Å². The van der Waals surface area contributed by atoms with Crippen LogP contribution in [0.4, 0.5) is 4.79 Å². The van der Waals surface area contributed by atoms with Gasteiger partial charge < -0.3 is 15.7 Å². The van der Waals surface area contributed by atoms with Gasteiger partial charge in [-0.1, -0.05) is 37.1 Å². The van der Waals surface area contributed by atoms with Crippen LogP contribution in [0.15, 0.2) is 48.7 Å². The van der Waals surface area contributed by atoms with Crippen molar-refractivity contribution < 1.29 is 9.90 Å². The molecule has 1 fully saturated rings. The molecule has 2 unspecified atom stereocenters. The summed E-state index contributed by atoms with van der Waals surface area (Å²) in [5, 5.41) is 15.4. The van der Waals surface area contributed by atoms with E-state index in [9.17, 15) is 9.90 Å². The van der Waals surface area contributed by atoms with Crippen molar-refractivity contribution in [1.29, 1.82) is 0 Å². The average molecular weight is 339 g/mol. The van der Waals surface area contributed by atoms with Crippen LogP contribution >= 0.6 is 0 Å². The molecular weight excluding hydrogens is 314 g/mol. The van der Waals surface area contributed by atoms with Gasteiger partial charge >= 0.3 is 6.03 Å². The van der Waals surface area contributed by atoms with Crippen LogP contribution < -0.4 is 10.6 Å². The molecule has 3 rings (SSSR count). The normalized spacial score (nSPS) is 20.0. The van der Waals surface area contributed by atoms with E-state index in [1.54, 1.807) is 6.20 Å². The van der Waals surface area contributed by atoms with Crippen LogP contribution in [0.25, 0.3) is 11.3 Å². The quantitative estimate of drug-likeness (QED) is 0.783. The number of aromatic nitrogens is 1. The van der Waals surface area contributed by atoms with Crippen molar-refractivity contribution >= 4 is 6.03 Å². The van der Waals surface area contributed by atoms with Crippen LogP contribution in [0.3, 0.4) is 0 Å². The minimum Gasteiger partial charge on any atom is -0.396 e. The van der Waals surface area contributed by atoms with Gasteiger partial charge in [0.05, 0.1) is 5.69 Å². The topological polar surface area (TPSA) is 74.2 Å². The SMILES string of the molecule is O=C(NCc1cccc(-c2ccccn2)c1)NC1CCCCC1CO. The highest BCUT2D eigenvalue weighted by molar-refractivity contribution is 5.74. The Balaban J connectivity index is 1.55. The molecular formula is C20H25N3O2. The minimum absolute atomic E-state index is 0.0682. The van der Waals surface area contributed by atoms with Gasteiger partial charge in [0.15, 0.2) is 0 Å². The van der Waals surface area contributed by atoms with Gasteiger partial charge in [0.1, 0.15) is 0 Å². The second kappa shape index (κ2) is 8.62. The molecule has 5 nitrogen and oxygen atoms in total. The van der Waals surface area contributed by atoms with Crippen LogP contribution in [-0.4, -0.2) is 28.8 Å². The zero-order chi connectivity index (χ0) is 17.5. The number of hydrogen-bond acceptors (Lipinski definition) is 3. The van der Waals surface area contributed by atoms with Gasteiger partial charge in [-0.05, 0) is 36.6 Å². The average Bonchev–Trinajstić information content (AvgIpc) is 2.68. The summed E-state index contributed by atoms with van der Waals surface area (Å²) in [6.07, 6.45) is 5.93. The monoisotopic (exact) mass is 339 g/mol. The van der Waals surface area contributed by atoms with Crippen molar-refractivity contribution in [3.8, 4) is 11.3 Å². The molecule has 5 heteroatoms. The number of carbonyl (C=O) groups is 1. The Bertz CT molecular complexity index is 690. The summed E-state index contributed by atoms with van der Waals surface area (Å²) in [6.45, 7) is 0.597. The van der Waals surface area contributed by atoms with E-state index >= 15 is 0 Å². The third-order valence-corrected chi connectivity index (χ3v) is 4.80. The first-order valence-electron chi connectivity index (χ1n) is 8.92. The van der Waals surface area contributed by atoms with Crippen molar-refractivity contribution in [1.82, 2.24) is 15.6 Å². The van der Waals surface area contributed by atoms with Crippen LogP contribution in [0, 0.1) is 5.92 Å². The second-order valence-corrected chi connectivity index (χ2v) is 6.58. The molecule has 2 atom stereocenters. The maximum Gasteiger partial charge on any atom is 0.315 e. The lowest BCUT2D eigenvalue weighted by Gasteiger charge is -2.30. The van der Waals surface area contributed by atoms with E-state index in [-0.39, 0.29) is 24.6 Å². The molecule has 0 spiro atoms. The van der Waals surface area contributed by atoms with Crippen molar-refractivity contribution in [2.45, 2.75) is 38.3 Å². The molecule has 1 aromatic carbocycles. The van der Waals surface area contributed by atoms with E-state index in [0.717, 1.165) is 42.5 Å². The Morgan fingerprint density at radius 1 is 1.16 bits per heavy atom. The zero-order valence-corrected chi connectivity index (χ0v) is 14.3. The number of carbonyl (C=O) groups excluding carboxylic acids is 1. The van der Waals surface area contributed by atoms with Gasteiger partial charge in [0.2, 0.25) is 0 Å². The van der Waals surface area contributed by atoms with Gasteiger partial charge in [0, 0.05) is 36.9 Å². The molecule has 1 heterocycles. The fourth-order valence-corrected chi connectivity index (χ4v) is 3.39. The Morgan fingerprint density at radius 2 is 2.04 bits per heavy atom. The molecule has 0 saturated heterocycles. The number of hydrogen-bond donors (Lipinski definition) is 3. The molecule has 0 radical (unpaired) electrons. The lowest BCUT2D eigenvalue weighted by Crippen LogP contribution is -2.47.